The molecule has 4 nitrogen and oxygen atoms in total. The number of hydrogen-bond donors (Lipinski definition) is 1. The number of benzene rings is 1. The molecule has 1 rings (SSSR count). The fourth-order valence-electron chi connectivity index (χ4n) is 1.59. The van der Waals surface area contributed by atoms with Gasteiger partial charge in [-0.3, -0.25) is 4.79 Å². The molecular weight excluding hydrogens is 254 g/mol. The molecule has 0 aliphatic heterocycles. The Hall–Kier alpha value is -2.23. The number of aldehydes is 1. The zero-order valence-electron chi connectivity index (χ0n) is 12.2. The number of ether oxygens (including phenoxy) is 2. The molecule has 0 fully saturated rings. The van der Waals surface area contributed by atoms with E-state index >= 15 is 0 Å². The molecule has 0 aliphatic carbocycles. The molecule has 0 bridgehead atoms. The lowest BCUT2D eigenvalue weighted by molar-refractivity contribution is 0.111. The normalized spacial score (nSPS) is 11.4. The van der Waals surface area contributed by atoms with Gasteiger partial charge >= 0.3 is 0 Å². The second-order valence-corrected chi connectivity index (χ2v) is 4.28. The van der Waals surface area contributed by atoms with E-state index in [2.05, 4.69) is 5.32 Å². The van der Waals surface area contributed by atoms with Crippen molar-refractivity contribution in [1.29, 1.82) is 0 Å². The van der Waals surface area contributed by atoms with E-state index in [0.29, 0.717) is 23.7 Å². The summed E-state index contributed by atoms with van der Waals surface area (Å²) in [6.07, 6.45) is 7.40. The lowest BCUT2D eigenvalue weighted by Crippen LogP contribution is -2.01. The standard InChI is InChI=1S/C16H21NO3/c1-13(5-4-9-17-2)8-10-20-16-7-6-15(19-3)11-14(16)12-18/h4-7,9,11-12,17H,8,10H2,1-3H3/b9-4-,13-5-. The first-order chi connectivity index (χ1) is 9.71. The summed E-state index contributed by atoms with van der Waals surface area (Å²) in [7, 11) is 3.42. The SMILES string of the molecule is CN/C=C\C=C(\C)CCOc1ccc(OC)cc1C=O. The maximum absolute atomic E-state index is 11.0. The van der Waals surface area contributed by atoms with Gasteiger partial charge in [-0.15, -0.1) is 0 Å². The van der Waals surface area contributed by atoms with Crippen LogP contribution in [0.4, 0.5) is 0 Å². The highest BCUT2D eigenvalue weighted by Crippen LogP contribution is 2.23. The third kappa shape index (κ3) is 5.18. The second kappa shape index (κ2) is 8.80. The van der Waals surface area contributed by atoms with Crippen LogP contribution in [0.5, 0.6) is 11.5 Å². The third-order valence-electron chi connectivity index (χ3n) is 2.74. The van der Waals surface area contributed by atoms with Gasteiger partial charge in [0.15, 0.2) is 6.29 Å². The van der Waals surface area contributed by atoms with Gasteiger partial charge in [-0.05, 0) is 37.4 Å². The van der Waals surface area contributed by atoms with Crippen LogP contribution in [-0.4, -0.2) is 27.1 Å². The number of nitrogens with one attached hydrogen (secondary N) is 1. The summed E-state index contributed by atoms with van der Waals surface area (Å²) in [6, 6.07) is 5.20. The number of hydrogen-bond acceptors (Lipinski definition) is 4. The van der Waals surface area contributed by atoms with Gasteiger partial charge in [-0.1, -0.05) is 11.6 Å². The minimum Gasteiger partial charge on any atom is -0.497 e. The summed E-state index contributed by atoms with van der Waals surface area (Å²) in [5.74, 6) is 1.23. The number of carbonyl (C=O) groups excluding carboxylic acids is 1. The molecule has 0 heterocycles. The van der Waals surface area contributed by atoms with Crippen molar-refractivity contribution in [1.82, 2.24) is 5.32 Å². The van der Waals surface area contributed by atoms with Gasteiger partial charge in [0.05, 0.1) is 19.3 Å². The zero-order chi connectivity index (χ0) is 14.8. The molecule has 1 N–H and O–H groups in total. The molecule has 0 aromatic heterocycles. The van der Waals surface area contributed by atoms with E-state index in [9.17, 15) is 4.79 Å². The molecule has 108 valence electrons. The van der Waals surface area contributed by atoms with Crippen molar-refractivity contribution in [2.75, 3.05) is 20.8 Å². The Bertz CT molecular complexity index is 492. The van der Waals surface area contributed by atoms with Crippen molar-refractivity contribution in [3.05, 3.63) is 47.7 Å². The zero-order valence-corrected chi connectivity index (χ0v) is 12.2. The fraction of sp³-hybridized carbons (Fsp3) is 0.312. The van der Waals surface area contributed by atoms with Crippen molar-refractivity contribution in [3.8, 4) is 11.5 Å². The fourth-order valence-corrected chi connectivity index (χ4v) is 1.59. The average Bonchev–Trinajstić information content (AvgIpc) is 2.47. The molecule has 1 aromatic rings. The molecule has 0 radical (unpaired) electrons. The van der Waals surface area contributed by atoms with Crippen molar-refractivity contribution in [2.45, 2.75) is 13.3 Å². The Morgan fingerprint density at radius 3 is 2.85 bits per heavy atom. The molecule has 1 aromatic carbocycles. The molecule has 0 spiro atoms. The molecular formula is C16H21NO3. The van der Waals surface area contributed by atoms with Gasteiger partial charge in [-0.2, -0.15) is 0 Å². The smallest absolute Gasteiger partial charge is 0.153 e. The summed E-state index contributed by atoms with van der Waals surface area (Å²) in [5.41, 5.74) is 1.71. The van der Waals surface area contributed by atoms with Crippen LogP contribution in [-0.2, 0) is 0 Å². The minimum atomic E-state index is 0.501. The largest absolute Gasteiger partial charge is 0.497 e. The summed E-state index contributed by atoms with van der Waals surface area (Å²) in [5, 5.41) is 2.92. The lowest BCUT2D eigenvalue weighted by atomic mass is 10.2. The van der Waals surface area contributed by atoms with E-state index in [1.54, 1.807) is 25.3 Å². The maximum Gasteiger partial charge on any atom is 0.153 e. The number of carbonyl (C=O) groups is 1. The summed E-state index contributed by atoms with van der Waals surface area (Å²) < 4.78 is 10.7. The van der Waals surface area contributed by atoms with Crippen LogP contribution in [0.3, 0.4) is 0 Å². The Kier molecular flexibility index (Phi) is 6.96. The summed E-state index contributed by atoms with van der Waals surface area (Å²) in [4.78, 5) is 11.0. The van der Waals surface area contributed by atoms with Crippen LogP contribution < -0.4 is 14.8 Å². The quantitative estimate of drug-likeness (QED) is 0.585. The van der Waals surface area contributed by atoms with Gasteiger partial charge < -0.3 is 14.8 Å². The van der Waals surface area contributed by atoms with E-state index in [-0.39, 0.29) is 0 Å². The molecule has 0 saturated heterocycles. The first-order valence-corrected chi connectivity index (χ1v) is 6.47. The number of rotatable bonds is 8. The predicted molar refractivity (Wildman–Crippen MR) is 80.5 cm³/mol. The second-order valence-electron chi connectivity index (χ2n) is 4.28. The molecule has 4 heteroatoms. The van der Waals surface area contributed by atoms with Gasteiger partial charge in [-0.25, -0.2) is 0 Å². The Balaban J connectivity index is 2.55. The van der Waals surface area contributed by atoms with E-state index < -0.39 is 0 Å². The van der Waals surface area contributed by atoms with Gasteiger partial charge in [0.1, 0.15) is 11.5 Å². The van der Waals surface area contributed by atoms with E-state index in [1.807, 2.05) is 32.3 Å². The summed E-state index contributed by atoms with van der Waals surface area (Å²) >= 11 is 0. The molecule has 0 atom stereocenters. The van der Waals surface area contributed by atoms with Crippen LogP contribution in [0.15, 0.2) is 42.1 Å². The lowest BCUT2D eigenvalue weighted by Gasteiger charge is -2.09. The first-order valence-electron chi connectivity index (χ1n) is 6.47. The summed E-state index contributed by atoms with van der Waals surface area (Å²) in [6.45, 7) is 2.57. The molecule has 0 aliphatic rings. The first kappa shape index (κ1) is 15.8. The average molecular weight is 275 g/mol. The van der Waals surface area contributed by atoms with Gasteiger partial charge in [0.2, 0.25) is 0 Å². The van der Waals surface area contributed by atoms with E-state index in [1.165, 1.54) is 5.57 Å². The van der Waals surface area contributed by atoms with Gasteiger partial charge in [0, 0.05) is 13.5 Å². The molecule has 20 heavy (non-hydrogen) atoms. The van der Waals surface area contributed by atoms with Crippen LogP contribution in [0.25, 0.3) is 0 Å². The highest BCUT2D eigenvalue weighted by atomic mass is 16.5. The van der Waals surface area contributed by atoms with Crippen LogP contribution >= 0.6 is 0 Å². The van der Waals surface area contributed by atoms with E-state index in [0.717, 1.165) is 12.7 Å². The van der Waals surface area contributed by atoms with Crippen LogP contribution in [0.2, 0.25) is 0 Å². The highest BCUT2D eigenvalue weighted by molar-refractivity contribution is 5.80. The van der Waals surface area contributed by atoms with Gasteiger partial charge in [0.25, 0.3) is 0 Å². The minimum absolute atomic E-state index is 0.501. The topological polar surface area (TPSA) is 47.6 Å². The molecule has 0 saturated carbocycles. The van der Waals surface area contributed by atoms with Crippen LogP contribution in [0, 0.1) is 0 Å². The van der Waals surface area contributed by atoms with Crippen molar-refractivity contribution < 1.29 is 14.3 Å². The molecule has 0 amide bonds. The maximum atomic E-state index is 11.0. The number of allylic oxidation sites excluding steroid dienone is 2. The highest BCUT2D eigenvalue weighted by Gasteiger charge is 2.04. The third-order valence-corrected chi connectivity index (χ3v) is 2.74. The van der Waals surface area contributed by atoms with Crippen LogP contribution in [0.1, 0.15) is 23.7 Å². The van der Waals surface area contributed by atoms with E-state index in [4.69, 9.17) is 9.47 Å². The Morgan fingerprint density at radius 2 is 2.20 bits per heavy atom. The monoisotopic (exact) mass is 275 g/mol. The Morgan fingerprint density at radius 1 is 1.40 bits per heavy atom. The predicted octanol–water partition coefficient (Wildman–Crippen LogP) is 2.96. The molecule has 0 unspecified atom stereocenters. The van der Waals surface area contributed by atoms with Crippen molar-refractivity contribution in [2.24, 2.45) is 0 Å². The number of methoxy groups -OCH3 is 1. The van der Waals surface area contributed by atoms with Crippen molar-refractivity contribution in [3.63, 3.8) is 0 Å². The Labute approximate surface area is 120 Å². The van der Waals surface area contributed by atoms with Crippen molar-refractivity contribution >= 4 is 6.29 Å².